The number of ketones is 1. The van der Waals surface area contributed by atoms with Gasteiger partial charge in [0.2, 0.25) is 0 Å². The number of nitrogens with zero attached hydrogens (tertiary/aromatic N) is 1. The lowest BCUT2D eigenvalue weighted by atomic mass is 9.63. The Morgan fingerprint density at radius 3 is 2.29 bits per heavy atom. The number of rotatable bonds is 10. The molecule has 0 aromatic heterocycles. The third-order valence-corrected chi connectivity index (χ3v) is 6.31. The lowest BCUT2D eigenvalue weighted by Gasteiger charge is -2.41. The van der Waals surface area contributed by atoms with E-state index in [1.54, 1.807) is 26.2 Å². The molecule has 9 heteroatoms. The van der Waals surface area contributed by atoms with Crippen molar-refractivity contribution in [2.75, 3.05) is 47.7 Å². The fraction of sp³-hybridized carbons (Fsp3) is 0.577. The average Bonchev–Trinajstić information content (AvgIpc) is 2.81. The van der Waals surface area contributed by atoms with E-state index in [1.165, 1.54) is 14.2 Å². The zero-order chi connectivity index (χ0) is 25.8. The van der Waals surface area contributed by atoms with Crippen molar-refractivity contribution in [1.82, 2.24) is 0 Å². The molecule has 1 saturated carbocycles. The molecule has 9 nitrogen and oxygen atoms in total. The van der Waals surface area contributed by atoms with Crippen molar-refractivity contribution in [1.29, 1.82) is 0 Å². The van der Waals surface area contributed by atoms with Crippen molar-refractivity contribution in [3.05, 3.63) is 29.0 Å². The summed E-state index contributed by atoms with van der Waals surface area (Å²) in [7, 11) is 4.60. The smallest absolute Gasteiger partial charge is 0.336 e. The van der Waals surface area contributed by atoms with Crippen LogP contribution in [0, 0.1) is 11.3 Å². The largest absolute Gasteiger partial charge is 0.496 e. The minimum atomic E-state index is -0.725. The maximum Gasteiger partial charge on any atom is 0.336 e. The van der Waals surface area contributed by atoms with Crippen LogP contribution in [0.4, 0.5) is 0 Å². The molecule has 2 unspecified atom stereocenters. The molecule has 1 aromatic rings. The average molecular weight is 489 g/mol. The number of methoxy groups -OCH3 is 3. The summed E-state index contributed by atoms with van der Waals surface area (Å²) in [6, 6.07) is 3.43. The quantitative estimate of drug-likeness (QED) is 0.394. The highest BCUT2D eigenvalue weighted by Gasteiger charge is 2.50. The second-order valence-corrected chi connectivity index (χ2v) is 9.41. The van der Waals surface area contributed by atoms with E-state index in [9.17, 15) is 9.59 Å². The second kappa shape index (κ2) is 11.2. The van der Waals surface area contributed by atoms with Gasteiger partial charge in [-0.3, -0.25) is 9.79 Å². The summed E-state index contributed by atoms with van der Waals surface area (Å²) in [5.74, 6) is -0.521. The second-order valence-electron chi connectivity index (χ2n) is 9.41. The Labute approximate surface area is 206 Å². The Morgan fingerprint density at radius 2 is 1.74 bits per heavy atom. The van der Waals surface area contributed by atoms with Crippen LogP contribution in [-0.4, -0.2) is 65.2 Å². The van der Waals surface area contributed by atoms with Gasteiger partial charge in [0, 0.05) is 42.3 Å². The molecule has 2 atom stereocenters. The molecule has 0 spiro atoms. The number of hydrogen-bond acceptors (Lipinski definition) is 9. The van der Waals surface area contributed by atoms with E-state index in [2.05, 4.69) is 0 Å². The van der Waals surface area contributed by atoms with Crippen molar-refractivity contribution in [3.63, 3.8) is 0 Å². The van der Waals surface area contributed by atoms with Crippen LogP contribution in [0.3, 0.4) is 0 Å². The number of carbonyl (C=O) groups excluding carboxylic acids is 2. The molecule has 2 aliphatic rings. The molecule has 2 N–H and O–H groups in total. The van der Waals surface area contributed by atoms with E-state index in [0.29, 0.717) is 54.5 Å². The van der Waals surface area contributed by atoms with E-state index in [-0.39, 0.29) is 30.0 Å². The summed E-state index contributed by atoms with van der Waals surface area (Å²) in [5.41, 5.74) is 7.34. The Hall–Kier alpha value is -2.91. The minimum Gasteiger partial charge on any atom is -0.496 e. The summed E-state index contributed by atoms with van der Waals surface area (Å²) in [4.78, 5) is 31.9. The highest BCUT2D eigenvalue weighted by molar-refractivity contribution is 6.12. The first-order valence-corrected chi connectivity index (χ1v) is 11.8. The van der Waals surface area contributed by atoms with Gasteiger partial charge in [-0.25, -0.2) is 4.79 Å². The normalized spacial score (nSPS) is 21.2. The molecule has 0 bridgehead atoms. The SMILES string of the molecule is CCOC(=O)C1=C(COCCN)N=C2CC(C)(C)CC(=O)C2C1c1c(OC)cc(OC)cc1OC. The Balaban J connectivity index is 2.33. The molecule has 192 valence electrons. The standard InChI is InChI=1S/C26H36N2O7/c1-7-35-25(30)22-17(14-34-9-8-27)28-16-12-26(2,3)13-18(29)21(16)24(22)23-19(32-5)10-15(31-4)11-20(23)33-6/h10-11,21,24H,7-9,12-14,27H2,1-6H3. The lowest BCUT2D eigenvalue weighted by molar-refractivity contribution is -0.139. The zero-order valence-corrected chi connectivity index (χ0v) is 21.4. The van der Waals surface area contributed by atoms with Crippen molar-refractivity contribution in [2.45, 2.75) is 39.5 Å². The van der Waals surface area contributed by atoms with Crippen LogP contribution in [-0.2, 0) is 19.1 Å². The predicted molar refractivity (Wildman–Crippen MR) is 131 cm³/mol. The van der Waals surface area contributed by atoms with Crippen LogP contribution in [0.1, 0.15) is 45.1 Å². The molecule has 3 rings (SSSR count). The van der Waals surface area contributed by atoms with Gasteiger partial charge in [-0.1, -0.05) is 13.8 Å². The minimum absolute atomic E-state index is 0.00801. The van der Waals surface area contributed by atoms with Crippen molar-refractivity contribution >= 4 is 17.5 Å². The first-order chi connectivity index (χ1) is 16.7. The Bertz CT molecular complexity index is 1000. The third kappa shape index (κ3) is 5.51. The fourth-order valence-corrected chi connectivity index (χ4v) is 4.96. The molecule has 1 aromatic carbocycles. The van der Waals surface area contributed by atoms with E-state index >= 15 is 0 Å². The molecular weight excluding hydrogens is 452 g/mol. The molecule has 0 saturated heterocycles. The number of fused-ring (bicyclic) bond motifs is 1. The molecular formula is C26H36N2O7. The van der Waals surface area contributed by atoms with Gasteiger partial charge in [0.1, 0.15) is 23.0 Å². The van der Waals surface area contributed by atoms with Crippen molar-refractivity contribution in [2.24, 2.45) is 22.1 Å². The highest BCUT2D eigenvalue weighted by Crippen LogP contribution is 2.52. The van der Waals surface area contributed by atoms with Crippen LogP contribution in [0.2, 0.25) is 0 Å². The number of benzene rings is 1. The van der Waals surface area contributed by atoms with Gasteiger partial charge in [-0.05, 0) is 18.8 Å². The fourth-order valence-electron chi connectivity index (χ4n) is 4.96. The first-order valence-electron chi connectivity index (χ1n) is 11.8. The highest BCUT2D eigenvalue weighted by atomic mass is 16.5. The van der Waals surface area contributed by atoms with Crippen LogP contribution >= 0.6 is 0 Å². The van der Waals surface area contributed by atoms with Gasteiger partial charge < -0.3 is 29.4 Å². The van der Waals surface area contributed by atoms with Gasteiger partial charge >= 0.3 is 5.97 Å². The summed E-state index contributed by atoms with van der Waals surface area (Å²) in [6.45, 7) is 6.69. The molecule has 1 aliphatic heterocycles. The lowest BCUT2D eigenvalue weighted by Crippen LogP contribution is -2.44. The monoisotopic (exact) mass is 488 g/mol. The number of hydrogen-bond donors (Lipinski definition) is 1. The maximum atomic E-state index is 13.6. The number of ether oxygens (including phenoxy) is 5. The molecule has 1 aliphatic carbocycles. The van der Waals surface area contributed by atoms with Gasteiger partial charge in [-0.2, -0.15) is 0 Å². The maximum absolute atomic E-state index is 13.6. The number of carbonyl (C=O) groups is 2. The predicted octanol–water partition coefficient (Wildman–Crippen LogP) is 3.05. The number of nitrogens with two attached hydrogens (primary N) is 1. The van der Waals surface area contributed by atoms with Crippen LogP contribution in [0.5, 0.6) is 17.2 Å². The van der Waals surface area contributed by atoms with Gasteiger partial charge in [-0.15, -0.1) is 0 Å². The summed E-state index contributed by atoms with van der Waals surface area (Å²) in [5, 5.41) is 0. The van der Waals surface area contributed by atoms with Crippen molar-refractivity contribution in [3.8, 4) is 17.2 Å². The van der Waals surface area contributed by atoms with Gasteiger partial charge in [0.05, 0.1) is 58.3 Å². The van der Waals surface area contributed by atoms with Crippen LogP contribution < -0.4 is 19.9 Å². The zero-order valence-electron chi connectivity index (χ0n) is 21.4. The first kappa shape index (κ1) is 26.7. The van der Waals surface area contributed by atoms with E-state index in [1.807, 2.05) is 13.8 Å². The van der Waals surface area contributed by atoms with E-state index in [0.717, 1.165) is 5.71 Å². The number of Topliss-reactive ketones (excluding diaryl/α,β-unsaturated/α-hetero) is 1. The third-order valence-electron chi connectivity index (χ3n) is 6.31. The summed E-state index contributed by atoms with van der Waals surface area (Å²) >= 11 is 0. The van der Waals surface area contributed by atoms with Gasteiger partial charge in [0.25, 0.3) is 0 Å². The molecule has 1 fully saturated rings. The van der Waals surface area contributed by atoms with Crippen LogP contribution in [0.15, 0.2) is 28.4 Å². The molecule has 0 radical (unpaired) electrons. The topological polar surface area (TPSA) is 119 Å². The number of aliphatic imine (C=N–C) groups is 1. The number of esters is 1. The van der Waals surface area contributed by atoms with Gasteiger partial charge in [0.15, 0.2) is 0 Å². The summed E-state index contributed by atoms with van der Waals surface area (Å²) in [6.07, 6.45) is 0.972. The van der Waals surface area contributed by atoms with E-state index < -0.39 is 17.8 Å². The molecule has 35 heavy (non-hydrogen) atoms. The summed E-state index contributed by atoms with van der Waals surface area (Å²) < 4.78 is 28.0. The van der Waals surface area contributed by atoms with E-state index in [4.69, 9.17) is 34.4 Å². The Kier molecular flexibility index (Phi) is 8.56. The Morgan fingerprint density at radius 1 is 1.09 bits per heavy atom. The van der Waals surface area contributed by atoms with Crippen molar-refractivity contribution < 1.29 is 33.3 Å². The molecule has 1 heterocycles. The molecule has 0 amide bonds. The van der Waals surface area contributed by atoms with Crippen LogP contribution in [0.25, 0.3) is 0 Å².